The highest BCUT2D eigenvalue weighted by molar-refractivity contribution is 5.91. The van der Waals surface area contributed by atoms with Crippen molar-refractivity contribution in [1.29, 1.82) is 0 Å². The Kier molecular flexibility index (Phi) is 4.26. The van der Waals surface area contributed by atoms with Gasteiger partial charge in [-0.1, -0.05) is 0 Å². The van der Waals surface area contributed by atoms with Crippen LogP contribution in [0.3, 0.4) is 0 Å². The van der Waals surface area contributed by atoms with Crippen LogP contribution in [0.1, 0.15) is 6.92 Å². The number of carbonyl (C=O) groups is 1. The minimum Gasteiger partial charge on any atom is -0.382 e. The first-order valence-electron chi connectivity index (χ1n) is 4.88. The van der Waals surface area contributed by atoms with Gasteiger partial charge in [0, 0.05) is 19.7 Å². The van der Waals surface area contributed by atoms with Crippen LogP contribution in [-0.2, 0) is 14.3 Å². The Morgan fingerprint density at radius 3 is 2.73 bits per heavy atom. The lowest BCUT2D eigenvalue weighted by molar-refractivity contribution is -0.140. The van der Waals surface area contributed by atoms with Crippen molar-refractivity contribution in [2.24, 2.45) is 0 Å². The maximum absolute atomic E-state index is 11.3. The Labute approximate surface area is 89.3 Å². The zero-order valence-electron chi connectivity index (χ0n) is 9.10. The molecule has 1 N–H and O–H groups in total. The van der Waals surface area contributed by atoms with E-state index in [9.17, 15) is 9.90 Å². The minimum atomic E-state index is -1.18. The van der Waals surface area contributed by atoms with Gasteiger partial charge in [-0.05, 0) is 13.0 Å². The van der Waals surface area contributed by atoms with E-state index in [2.05, 4.69) is 0 Å². The molecule has 1 amide bonds. The fourth-order valence-electron chi connectivity index (χ4n) is 1.37. The first kappa shape index (κ1) is 12.2. The molecule has 1 aliphatic rings. The molecule has 0 radical (unpaired) electrons. The lowest BCUT2D eigenvalue weighted by Crippen LogP contribution is -2.45. The van der Waals surface area contributed by atoms with Gasteiger partial charge in [0.1, 0.15) is 0 Å². The monoisotopic (exact) mass is 215 g/mol. The molecule has 0 aromatic rings. The van der Waals surface area contributed by atoms with Crippen molar-refractivity contribution >= 4 is 5.91 Å². The van der Waals surface area contributed by atoms with Crippen LogP contribution in [0.5, 0.6) is 0 Å². The van der Waals surface area contributed by atoms with E-state index >= 15 is 0 Å². The molecule has 0 spiro atoms. The van der Waals surface area contributed by atoms with E-state index in [1.54, 1.807) is 14.0 Å². The molecule has 0 aromatic heterocycles. The van der Waals surface area contributed by atoms with E-state index < -0.39 is 5.72 Å². The second-order valence-corrected chi connectivity index (χ2v) is 3.52. The summed E-state index contributed by atoms with van der Waals surface area (Å²) in [6.07, 6.45) is 2.85. The van der Waals surface area contributed by atoms with Gasteiger partial charge < -0.3 is 19.5 Å². The molecule has 0 aliphatic carbocycles. The summed E-state index contributed by atoms with van der Waals surface area (Å²) in [4.78, 5) is 12.7. The summed E-state index contributed by atoms with van der Waals surface area (Å²) in [5.74, 6) is -0.185. The summed E-state index contributed by atoms with van der Waals surface area (Å²) in [5.41, 5.74) is -1.18. The van der Waals surface area contributed by atoms with Gasteiger partial charge in [0.15, 0.2) is 5.72 Å². The maximum atomic E-state index is 11.3. The zero-order chi connectivity index (χ0) is 11.3. The normalized spacial score (nSPS) is 25.3. The summed E-state index contributed by atoms with van der Waals surface area (Å²) in [6, 6.07) is 0. The molecular weight excluding hydrogens is 198 g/mol. The Hall–Kier alpha value is -0.910. The van der Waals surface area contributed by atoms with Crippen LogP contribution < -0.4 is 0 Å². The summed E-state index contributed by atoms with van der Waals surface area (Å²) in [5, 5.41) is 9.77. The summed E-state index contributed by atoms with van der Waals surface area (Å²) in [6.45, 7) is 3.37. The standard InChI is InChI=1S/C10H17NO4/c1-10(13)4-3-9(12)11(10)5-6-15-8-7-14-2/h3-4,13H,5-8H2,1-2H3. The molecule has 5 nitrogen and oxygen atoms in total. The van der Waals surface area contributed by atoms with Gasteiger partial charge in [-0.3, -0.25) is 4.79 Å². The van der Waals surface area contributed by atoms with Gasteiger partial charge in [0.05, 0.1) is 19.8 Å². The van der Waals surface area contributed by atoms with Crippen LogP contribution >= 0.6 is 0 Å². The van der Waals surface area contributed by atoms with Crippen LogP contribution in [0.4, 0.5) is 0 Å². The molecule has 15 heavy (non-hydrogen) atoms. The molecule has 1 aliphatic heterocycles. The number of amides is 1. The highest BCUT2D eigenvalue weighted by Crippen LogP contribution is 2.19. The van der Waals surface area contributed by atoms with Gasteiger partial charge in [-0.25, -0.2) is 0 Å². The van der Waals surface area contributed by atoms with Crippen LogP contribution in [0.25, 0.3) is 0 Å². The lowest BCUT2D eigenvalue weighted by Gasteiger charge is -2.29. The molecule has 0 bridgehead atoms. The fourth-order valence-corrected chi connectivity index (χ4v) is 1.37. The number of rotatable bonds is 6. The van der Waals surface area contributed by atoms with E-state index in [1.165, 1.54) is 17.1 Å². The lowest BCUT2D eigenvalue weighted by atomic mass is 10.2. The maximum Gasteiger partial charge on any atom is 0.248 e. The summed E-state index contributed by atoms with van der Waals surface area (Å²) < 4.78 is 10.0. The Bertz CT molecular complexity index is 250. The van der Waals surface area contributed by atoms with Crippen LogP contribution in [0.2, 0.25) is 0 Å². The fraction of sp³-hybridized carbons (Fsp3) is 0.700. The number of hydrogen-bond acceptors (Lipinski definition) is 4. The SMILES string of the molecule is COCCOCCN1C(=O)C=CC1(C)O. The average molecular weight is 215 g/mol. The van der Waals surface area contributed by atoms with Crippen LogP contribution in [-0.4, -0.2) is 55.1 Å². The molecule has 1 rings (SSSR count). The first-order chi connectivity index (χ1) is 7.08. The highest BCUT2D eigenvalue weighted by atomic mass is 16.5. The van der Waals surface area contributed by atoms with Crippen LogP contribution in [0, 0.1) is 0 Å². The van der Waals surface area contributed by atoms with E-state index in [0.29, 0.717) is 26.4 Å². The zero-order valence-corrected chi connectivity index (χ0v) is 9.10. The van der Waals surface area contributed by atoms with Crippen molar-refractivity contribution in [2.75, 3.05) is 33.5 Å². The molecule has 0 fully saturated rings. The summed E-state index contributed by atoms with van der Waals surface area (Å²) in [7, 11) is 1.60. The van der Waals surface area contributed by atoms with E-state index in [1.807, 2.05) is 0 Å². The second-order valence-electron chi connectivity index (χ2n) is 3.52. The molecule has 0 aromatic carbocycles. The third kappa shape index (κ3) is 3.30. The van der Waals surface area contributed by atoms with Gasteiger partial charge in [-0.2, -0.15) is 0 Å². The summed E-state index contributed by atoms with van der Waals surface area (Å²) >= 11 is 0. The number of methoxy groups -OCH3 is 1. The van der Waals surface area contributed by atoms with Crippen molar-refractivity contribution < 1.29 is 19.4 Å². The second kappa shape index (κ2) is 5.25. The van der Waals surface area contributed by atoms with E-state index in [-0.39, 0.29) is 5.91 Å². The third-order valence-electron chi connectivity index (χ3n) is 2.25. The topological polar surface area (TPSA) is 59.0 Å². The van der Waals surface area contributed by atoms with Crippen molar-refractivity contribution in [3.8, 4) is 0 Å². The molecule has 0 saturated carbocycles. The van der Waals surface area contributed by atoms with Crippen LogP contribution in [0.15, 0.2) is 12.2 Å². The van der Waals surface area contributed by atoms with E-state index in [4.69, 9.17) is 9.47 Å². The van der Waals surface area contributed by atoms with Gasteiger partial charge in [-0.15, -0.1) is 0 Å². The number of carbonyl (C=O) groups excluding carboxylic acids is 1. The molecule has 86 valence electrons. The Balaban J connectivity index is 2.24. The average Bonchev–Trinajstić information content (AvgIpc) is 2.43. The number of ether oxygens (including phenoxy) is 2. The van der Waals surface area contributed by atoms with Gasteiger partial charge in [0.2, 0.25) is 5.91 Å². The smallest absolute Gasteiger partial charge is 0.248 e. The number of nitrogens with zero attached hydrogens (tertiary/aromatic N) is 1. The predicted molar refractivity (Wildman–Crippen MR) is 54.2 cm³/mol. The van der Waals surface area contributed by atoms with E-state index in [0.717, 1.165) is 0 Å². The number of hydrogen-bond donors (Lipinski definition) is 1. The van der Waals surface area contributed by atoms with Crippen molar-refractivity contribution in [1.82, 2.24) is 4.90 Å². The molecular formula is C10H17NO4. The molecule has 0 saturated heterocycles. The minimum absolute atomic E-state index is 0.185. The predicted octanol–water partition coefficient (Wildman–Crippen LogP) is -0.244. The molecule has 1 heterocycles. The van der Waals surface area contributed by atoms with Crippen molar-refractivity contribution in [2.45, 2.75) is 12.6 Å². The van der Waals surface area contributed by atoms with Crippen molar-refractivity contribution in [3.63, 3.8) is 0 Å². The Morgan fingerprint density at radius 2 is 2.20 bits per heavy atom. The first-order valence-corrected chi connectivity index (χ1v) is 4.88. The Morgan fingerprint density at radius 1 is 1.47 bits per heavy atom. The largest absolute Gasteiger partial charge is 0.382 e. The van der Waals surface area contributed by atoms with Gasteiger partial charge >= 0.3 is 0 Å². The van der Waals surface area contributed by atoms with Gasteiger partial charge in [0.25, 0.3) is 0 Å². The number of aliphatic hydroxyl groups is 1. The molecule has 1 atom stereocenters. The van der Waals surface area contributed by atoms with Crippen molar-refractivity contribution in [3.05, 3.63) is 12.2 Å². The molecule has 5 heteroatoms. The quantitative estimate of drug-likeness (QED) is 0.621. The molecule has 1 unspecified atom stereocenters. The third-order valence-corrected chi connectivity index (χ3v) is 2.25. The highest BCUT2D eigenvalue weighted by Gasteiger charge is 2.34.